The zero-order chi connectivity index (χ0) is 24.5. The van der Waals surface area contributed by atoms with E-state index in [1.165, 1.54) is 0 Å². The molecule has 6 nitrogen and oxygen atoms in total. The highest BCUT2D eigenvalue weighted by Gasteiger charge is 2.47. The van der Waals surface area contributed by atoms with Crippen molar-refractivity contribution in [3.8, 4) is 5.75 Å². The van der Waals surface area contributed by atoms with Crippen molar-refractivity contribution in [2.75, 3.05) is 6.54 Å². The molecule has 1 aliphatic heterocycles. The molecule has 0 amide bonds. The third-order valence-electron chi connectivity index (χ3n) is 7.06. The Kier molecular flexibility index (Phi) is 6.58. The molecular weight excluding hydrogens is 466 g/mol. The van der Waals surface area contributed by atoms with E-state index in [1.807, 2.05) is 30.3 Å². The maximum Gasteiger partial charge on any atom is 0.165 e. The zero-order valence-electron chi connectivity index (χ0n) is 19.3. The number of carboxylic acid groups (broad SMARTS) is 1. The van der Waals surface area contributed by atoms with Gasteiger partial charge in [-0.3, -0.25) is 14.5 Å². The third kappa shape index (κ3) is 4.56. The first-order valence-electron chi connectivity index (χ1n) is 12.0. The van der Waals surface area contributed by atoms with E-state index in [1.54, 1.807) is 18.2 Å². The highest BCUT2D eigenvalue weighted by atomic mass is 35.5. The Labute approximate surface area is 208 Å². The van der Waals surface area contributed by atoms with Crippen LogP contribution in [0.1, 0.15) is 55.6 Å². The van der Waals surface area contributed by atoms with Gasteiger partial charge in [0.05, 0.1) is 23.0 Å². The van der Waals surface area contributed by atoms with E-state index < -0.39 is 11.9 Å². The van der Waals surface area contributed by atoms with Crippen LogP contribution in [0.15, 0.2) is 71.1 Å². The van der Waals surface area contributed by atoms with Crippen molar-refractivity contribution in [3.05, 3.63) is 87.2 Å². The molecule has 2 aliphatic carbocycles. The summed E-state index contributed by atoms with van der Waals surface area (Å²) in [6.45, 7) is 0.0296. The second-order valence-corrected chi connectivity index (χ2v) is 9.69. The molecule has 2 aromatic rings. The molecule has 0 fully saturated rings. The predicted octanol–water partition coefficient (Wildman–Crippen LogP) is 2.67. The van der Waals surface area contributed by atoms with Crippen molar-refractivity contribution in [1.29, 1.82) is 0 Å². The van der Waals surface area contributed by atoms with Crippen LogP contribution < -0.4 is 14.7 Å². The lowest BCUT2D eigenvalue weighted by molar-refractivity contribution is -0.819. The Bertz CT molecular complexity index is 1220. The van der Waals surface area contributed by atoms with Crippen LogP contribution in [-0.2, 0) is 21.0 Å². The van der Waals surface area contributed by atoms with E-state index in [9.17, 15) is 19.5 Å². The molecule has 1 heterocycles. The van der Waals surface area contributed by atoms with Gasteiger partial charge in [-0.15, -0.1) is 0 Å². The second kappa shape index (κ2) is 9.80. The van der Waals surface area contributed by atoms with Gasteiger partial charge in [0.15, 0.2) is 11.6 Å². The number of Topliss-reactive ketones (excluding diaryl/α,β-unsaturated/α-hetero) is 2. The number of hydrogen-bond donors (Lipinski definition) is 1. The molecule has 2 aromatic carbocycles. The van der Waals surface area contributed by atoms with Crippen LogP contribution in [0.3, 0.4) is 0 Å². The number of quaternary nitrogens is 1. The van der Waals surface area contributed by atoms with E-state index in [4.69, 9.17) is 16.3 Å². The van der Waals surface area contributed by atoms with E-state index in [-0.39, 0.29) is 18.1 Å². The molecule has 0 bridgehead atoms. The van der Waals surface area contributed by atoms with Crippen molar-refractivity contribution in [3.63, 3.8) is 0 Å². The number of halogens is 1. The second-order valence-electron chi connectivity index (χ2n) is 9.25. The normalized spacial score (nSPS) is 22.1. The molecule has 7 heteroatoms. The monoisotopic (exact) mass is 491 g/mol. The smallest absolute Gasteiger partial charge is 0.165 e. The van der Waals surface area contributed by atoms with Gasteiger partial charge in [0.1, 0.15) is 30.3 Å². The minimum atomic E-state index is -1.21. The lowest BCUT2D eigenvalue weighted by Crippen LogP contribution is -3.11. The molecule has 180 valence electrons. The van der Waals surface area contributed by atoms with Gasteiger partial charge in [0.2, 0.25) is 0 Å². The summed E-state index contributed by atoms with van der Waals surface area (Å²) < 4.78 is 6.22. The Morgan fingerprint density at radius 3 is 2.17 bits per heavy atom. The Hall–Kier alpha value is -3.22. The maximum atomic E-state index is 13.4. The first kappa shape index (κ1) is 23.5. The number of carbonyl (C=O) groups excluding carboxylic acids is 3. The number of hydrogen-bond acceptors (Lipinski definition) is 5. The van der Waals surface area contributed by atoms with E-state index in [2.05, 4.69) is 0 Å². The lowest BCUT2D eigenvalue weighted by Gasteiger charge is -2.39. The van der Waals surface area contributed by atoms with Crippen LogP contribution in [0.25, 0.3) is 0 Å². The third-order valence-corrected chi connectivity index (χ3v) is 7.29. The van der Waals surface area contributed by atoms with Crippen LogP contribution in [0, 0.1) is 0 Å². The summed E-state index contributed by atoms with van der Waals surface area (Å²) in [5.74, 6) is -1.36. The molecule has 0 radical (unpaired) electrons. The maximum absolute atomic E-state index is 13.4. The fourth-order valence-electron chi connectivity index (χ4n) is 5.63. The number of benzene rings is 2. The van der Waals surface area contributed by atoms with E-state index in [0.29, 0.717) is 77.5 Å². The number of aliphatic carboxylic acids is 1. The molecule has 0 atom stereocenters. The minimum Gasteiger partial charge on any atom is -0.544 e. The van der Waals surface area contributed by atoms with Gasteiger partial charge < -0.3 is 14.6 Å². The molecule has 1 N–H and O–H groups in total. The van der Waals surface area contributed by atoms with Gasteiger partial charge >= 0.3 is 0 Å². The SMILES string of the molecule is O=C([O-])C[NH+]1C2=C(C(=O)CCC2)C(c2cc(Cl)ccc2OCc2ccccc2)C2=C1CCCC2=O. The van der Waals surface area contributed by atoms with Gasteiger partial charge in [-0.25, -0.2) is 0 Å². The lowest BCUT2D eigenvalue weighted by atomic mass is 9.70. The van der Waals surface area contributed by atoms with E-state index >= 15 is 0 Å². The predicted molar refractivity (Wildman–Crippen MR) is 128 cm³/mol. The molecule has 3 aliphatic rings. The molecule has 0 saturated heterocycles. The van der Waals surface area contributed by atoms with Crippen LogP contribution in [0.4, 0.5) is 0 Å². The average molecular weight is 492 g/mol. The summed E-state index contributed by atoms with van der Waals surface area (Å²) in [7, 11) is 0. The van der Waals surface area contributed by atoms with Gasteiger partial charge in [-0.05, 0) is 36.6 Å². The molecule has 5 rings (SSSR count). The highest BCUT2D eigenvalue weighted by Crippen LogP contribution is 2.46. The van der Waals surface area contributed by atoms with Crippen LogP contribution >= 0.6 is 11.6 Å². The van der Waals surface area contributed by atoms with Crippen molar-refractivity contribution >= 4 is 29.1 Å². The van der Waals surface area contributed by atoms with Crippen molar-refractivity contribution in [2.45, 2.75) is 51.0 Å². The van der Waals surface area contributed by atoms with Crippen LogP contribution in [0.5, 0.6) is 5.75 Å². The number of carbonyl (C=O) groups is 3. The first-order chi connectivity index (χ1) is 16.9. The number of carboxylic acids is 1. The van der Waals surface area contributed by atoms with Crippen molar-refractivity contribution in [1.82, 2.24) is 0 Å². The van der Waals surface area contributed by atoms with Crippen LogP contribution in [0.2, 0.25) is 5.02 Å². The summed E-state index contributed by atoms with van der Waals surface area (Å²) in [6, 6.07) is 15.0. The zero-order valence-corrected chi connectivity index (χ0v) is 20.0. The largest absolute Gasteiger partial charge is 0.544 e. The molecule has 0 saturated carbocycles. The summed E-state index contributed by atoms with van der Waals surface area (Å²) in [6.07, 6.45) is 3.25. The Morgan fingerprint density at radius 2 is 1.57 bits per heavy atom. The molecular formula is C28H26ClNO5. The quantitative estimate of drug-likeness (QED) is 0.671. The average Bonchev–Trinajstić information content (AvgIpc) is 2.84. The number of allylic oxidation sites excluding steroid dienone is 4. The first-order valence-corrected chi connectivity index (χ1v) is 12.4. The van der Waals surface area contributed by atoms with Gasteiger partial charge in [0, 0.05) is 36.3 Å². The number of ether oxygens (including phenoxy) is 1. The van der Waals surface area contributed by atoms with Crippen molar-refractivity contribution in [2.24, 2.45) is 0 Å². The summed E-state index contributed by atoms with van der Waals surface area (Å²) in [5, 5.41) is 12.1. The Balaban J connectivity index is 1.67. The van der Waals surface area contributed by atoms with Gasteiger partial charge in [-0.2, -0.15) is 0 Å². The van der Waals surface area contributed by atoms with Crippen molar-refractivity contribution < 1.29 is 29.1 Å². The topological polar surface area (TPSA) is 87.9 Å². The fraction of sp³-hybridized carbons (Fsp3) is 0.321. The summed E-state index contributed by atoms with van der Waals surface area (Å²) >= 11 is 6.43. The van der Waals surface area contributed by atoms with Gasteiger partial charge in [0.25, 0.3) is 0 Å². The Morgan fingerprint density at radius 1 is 0.943 bits per heavy atom. The fourth-order valence-corrected chi connectivity index (χ4v) is 5.81. The summed E-state index contributed by atoms with van der Waals surface area (Å²) in [5.41, 5.74) is 4.23. The summed E-state index contributed by atoms with van der Waals surface area (Å²) in [4.78, 5) is 39.0. The highest BCUT2D eigenvalue weighted by molar-refractivity contribution is 6.30. The molecule has 0 aromatic heterocycles. The number of rotatable bonds is 6. The number of nitrogens with one attached hydrogen (secondary N) is 1. The molecule has 0 spiro atoms. The van der Waals surface area contributed by atoms with Gasteiger partial charge in [-0.1, -0.05) is 41.9 Å². The number of ketones is 2. The van der Waals surface area contributed by atoms with E-state index in [0.717, 1.165) is 17.0 Å². The standard InChI is InChI=1S/C28H26ClNO5/c29-18-12-13-24(35-16-17-6-2-1-3-7-17)19(14-18)26-27-20(8-4-10-22(27)31)30(15-25(33)34)21-9-5-11-23(32)28(21)26/h1-3,6-7,12-14,26H,4-5,8-11,15-16H2,(H,33,34). The molecule has 35 heavy (non-hydrogen) atoms. The minimum absolute atomic E-state index is 0.0500. The molecule has 0 unspecified atom stereocenters. The van der Waals surface area contributed by atoms with Crippen LogP contribution in [-0.4, -0.2) is 24.1 Å².